The van der Waals surface area contributed by atoms with E-state index in [-0.39, 0.29) is 18.0 Å². The Morgan fingerprint density at radius 2 is 2.10 bits per heavy atom. The zero-order chi connectivity index (χ0) is 15.4. The van der Waals surface area contributed by atoms with Crippen LogP contribution in [0.2, 0.25) is 5.02 Å². The Balaban J connectivity index is 2.15. The van der Waals surface area contributed by atoms with Gasteiger partial charge in [-0.3, -0.25) is 16.0 Å². The summed E-state index contributed by atoms with van der Waals surface area (Å²) in [7, 11) is 0. The third-order valence-electron chi connectivity index (χ3n) is 2.70. The SMILES string of the molecule is NNc1cc(COc2ccc(Cl)cc2Br)ccc1[N+](=O)[O-]. The Morgan fingerprint density at radius 1 is 1.33 bits per heavy atom. The molecule has 2 aromatic carbocycles. The van der Waals surface area contributed by atoms with Crippen LogP contribution in [0.15, 0.2) is 40.9 Å². The van der Waals surface area contributed by atoms with Crippen molar-refractivity contribution in [3.05, 3.63) is 61.6 Å². The Morgan fingerprint density at radius 3 is 2.71 bits per heavy atom. The highest BCUT2D eigenvalue weighted by molar-refractivity contribution is 9.10. The maximum Gasteiger partial charge on any atom is 0.293 e. The molecule has 0 amide bonds. The van der Waals surface area contributed by atoms with Crippen molar-refractivity contribution in [3.8, 4) is 5.75 Å². The zero-order valence-corrected chi connectivity index (χ0v) is 13.0. The minimum Gasteiger partial charge on any atom is -0.488 e. The molecule has 3 N–H and O–H groups in total. The van der Waals surface area contributed by atoms with Gasteiger partial charge in [-0.2, -0.15) is 0 Å². The van der Waals surface area contributed by atoms with Gasteiger partial charge in [-0.25, -0.2) is 0 Å². The van der Waals surface area contributed by atoms with Crippen LogP contribution >= 0.6 is 27.5 Å². The van der Waals surface area contributed by atoms with Crippen LogP contribution in [0.4, 0.5) is 11.4 Å². The lowest BCUT2D eigenvalue weighted by atomic mass is 10.2. The summed E-state index contributed by atoms with van der Waals surface area (Å²) in [6.45, 7) is 0.243. The average molecular weight is 373 g/mol. The van der Waals surface area contributed by atoms with Crippen molar-refractivity contribution >= 4 is 38.9 Å². The molecule has 2 aromatic rings. The number of nitrogen functional groups attached to an aromatic ring is 1. The lowest BCUT2D eigenvalue weighted by Crippen LogP contribution is -2.10. The Bertz CT molecular complexity index is 682. The number of nitro groups is 1. The smallest absolute Gasteiger partial charge is 0.293 e. The van der Waals surface area contributed by atoms with Gasteiger partial charge in [0.2, 0.25) is 0 Å². The van der Waals surface area contributed by atoms with E-state index in [2.05, 4.69) is 21.4 Å². The van der Waals surface area contributed by atoms with Crippen LogP contribution in [-0.4, -0.2) is 4.92 Å². The molecule has 0 aliphatic rings. The Kier molecular flexibility index (Phi) is 5.00. The second-order valence-corrected chi connectivity index (χ2v) is 5.41. The molecule has 2 rings (SSSR count). The molecule has 21 heavy (non-hydrogen) atoms. The fourth-order valence-electron chi connectivity index (χ4n) is 1.70. The molecule has 0 saturated carbocycles. The van der Waals surface area contributed by atoms with Crippen LogP contribution in [0, 0.1) is 10.1 Å². The fraction of sp³-hybridized carbons (Fsp3) is 0.0769. The first-order chi connectivity index (χ1) is 10.0. The molecule has 0 heterocycles. The van der Waals surface area contributed by atoms with Gasteiger partial charge in [0, 0.05) is 11.1 Å². The number of nitrogens with two attached hydrogens (primary N) is 1. The number of hydrazine groups is 1. The number of rotatable bonds is 5. The molecule has 110 valence electrons. The van der Waals surface area contributed by atoms with E-state index >= 15 is 0 Å². The van der Waals surface area contributed by atoms with Crippen molar-refractivity contribution in [2.45, 2.75) is 6.61 Å². The second-order valence-electron chi connectivity index (χ2n) is 4.12. The number of ether oxygens (including phenoxy) is 1. The molecule has 6 nitrogen and oxygen atoms in total. The molecular weight excluding hydrogens is 362 g/mol. The predicted molar refractivity (Wildman–Crippen MR) is 84.4 cm³/mol. The quantitative estimate of drug-likeness (QED) is 0.472. The van der Waals surface area contributed by atoms with Gasteiger partial charge < -0.3 is 10.2 Å². The van der Waals surface area contributed by atoms with Crippen LogP contribution in [0.1, 0.15) is 5.56 Å². The number of nitro benzene ring substituents is 1. The number of nitrogens with one attached hydrogen (secondary N) is 1. The van der Waals surface area contributed by atoms with Gasteiger partial charge in [0.05, 0.1) is 9.40 Å². The number of nitrogens with zero attached hydrogens (tertiary/aromatic N) is 1. The van der Waals surface area contributed by atoms with Crippen LogP contribution in [-0.2, 0) is 6.61 Å². The highest BCUT2D eigenvalue weighted by atomic mass is 79.9. The van der Waals surface area contributed by atoms with Crippen LogP contribution in [0.25, 0.3) is 0 Å². The number of anilines is 1. The molecule has 8 heteroatoms. The van der Waals surface area contributed by atoms with Crippen molar-refractivity contribution in [1.29, 1.82) is 0 Å². The van der Waals surface area contributed by atoms with Gasteiger partial charge in [-0.05, 0) is 51.8 Å². The van der Waals surface area contributed by atoms with Crippen molar-refractivity contribution in [3.63, 3.8) is 0 Å². The van der Waals surface area contributed by atoms with Crippen molar-refractivity contribution in [1.82, 2.24) is 0 Å². The van der Waals surface area contributed by atoms with Gasteiger partial charge in [-0.15, -0.1) is 0 Å². The number of hydrogen-bond acceptors (Lipinski definition) is 5. The van der Waals surface area contributed by atoms with Gasteiger partial charge in [0.25, 0.3) is 5.69 Å². The molecule has 0 bridgehead atoms. The molecule has 0 aromatic heterocycles. The molecule has 0 spiro atoms. The van der Waals surface area contributed by atoms with E-state index in [1.165, 1.54) is 6.07 Å². The van der Waals surface area contributed by atoms with Gasteiger partial charge in [0.15, 0.2) is 0 Å². The fourth-order valence-corrected chi connectivity index (χ4v) is 2.50. The summed E-state index contributed by atoms with van der Waals surface area (Å²) in [5.74, 6) is 5.91. The molecule has 0 aliphatic carbocycles. The summed E-state index contributed by atoms with van der Waals surface area (Å²) in [6, 6.07) is 9.74. The summed E-state index contributed by atoms with van der Waals surface area (Å²) in [5.41, 5.74) is 3.20. The molecule has 0 unspecified atom stereocenters. The first-order valence-corrected chi connectivity index (χ1v) is 7.00. The number of halogens is 2. The van der Waals surface area contributed by atoms with Crippen molar-refractivity contribution < 1.29 is 9.66 Å². The largest absolute Gasteiger partial charge is 0.488 e. The van der Waals surface area contributed by atoms with Crippen LogP contribution in [0.5, 0.6) is 5.75 Å². The lowest BCUT2D eigenvalue weighted by Gasteiger charge is -2.10. The number of hydrogen-bond donors (Lipinski definition) is 2. The molecule has 0 radical (unpaired) electrons. The van der Waals surface area contributed by atoms with Crippen molar-refractivity contribution in [2.75, 3.05) is 5.43 Å². The first kappa shape index (κ1) is 15.6. The first-order valence-electron chi connectivity index (χ1n) is 5.83. The molecule has 0 atom stereocenters. The normalized spacial score (nSPS) is 10.2. The van der Waals surface area contributed by atoms with Crippen molar-refractivity contribution in [2.24, 2.45) is 5.84 Å². The monoisotopic (exact) mass is 371 g/mol. The van der Waals surface area contributed by atoms with E-state index in [9.17, 15) is 10.1 Å². The number of benzene rings is 2. The van der Waals surface area contributed by atoms with Gasteiger partial charge >= 0.3 is 0 Å². The minimum atomic E-state index is -0.504. The molecule has 0 aliphatic heterocycles. The average Bonchev–Trinajstić information content (AvgIpc) is 2.45. The van der Waals surface area contributed by atoms with Crippen LogP contribution in [0.3, 0.4) is 0 Å². The van der Waals surface area contributed by atoms with Gasteiger partial charge in [-0.1, -0.05) is 11.6 Å². The summed E-state index contributed by atoms with van der Waals surface area (Å²) in [4.78, 5) is 10.3. The highest BCUT2D eigenvalue weighted by Gasteiger charge is 2.13. The van der Waals surface area contributed by atoms with E-state index in [0.717, 1.165) is 10.0 Å². The Hall–Kier alpha value is -1.83. The summed E-state index contributed by atoms with van der Waals surface area (Å²) >= 11 is 9.20. The maximum atomic E-state index is 10.8. The lowest BCUT2D eigenvalue weighted by molar-refractivity contribution is -0.384. The zero-order valence-electron chi connectivity index (χ0n) is 10.7. The predicted octanol–water partition coefficient (Wildman–Crippen LogP) is 3.88. The highest BCUT2D eigenvalue weighted by Crippen LogP contribution is 2.29. The Labute approximate surface area is 134 Å². The maximum absolute atomic E-state index is 10.8. The summed E-state index contributed by atoms with van der Waals surface area (Å²) in [6.07, 6.45) is 0. The molecule has 0 fully saturated rings. The second kappa shape index (κ2) is 6.75. The minimum absolute atomic E-state index is 0.0890. The molecular formula is C13H11BrClN3O3. The topological polar surface area (TPSA) is 90.4 Å². The van der Waals surface area contributed by atoms with E-state index in [4.69, 9.17) is 22.2 Å². The standard InChI is InChI=1S/C13H11BrClN3O3/c14-10-6-9(15)2-4-13(10)21-7-8-1-3-12(18(19)20)11(5-8)17-16/h1-6,17H,7,16H2. The van der Waals surface area contributed by atoms with Gasteiger partial charge in [0.1, 0.15) is 18.0 Å². The third-order valence-corrected chi connectivity index (χ3v) is 3.56. The van der Waals surface area contributed by atoms with E-state index in [0.29, 0.717) is 10.8 Å². The summed E-state index contributed by atoms with van der Waals surface area (Å²) in [5, 5.41) is 11.4. The summed E-state index contributed by atoms with van der Waals surface area (Å²) < 4.78 is 6.36. The molecule has 0 saturated heterocycles. The van der Waals surface area contributed by atoms with E-state index in [1.807, 2.05) is 0 Å². The van der Waals surface area contributed by atoms with Crippen LogP contribution < -0.4 is 16.0 Å². The van der Waals surface area contributed by atoms with E-state index < -0.39 is 4.92 Å². The third kappa shape index (κ3) is 3.84. The van der Waals surface area contributed by atoms with E-state index in [1.54, 1.807) is 30.3 Å².